The predicted octanol–water partition coefficient (Wildman–Crippen LogP) is 3.98. The number of nitriles is 1. The third-order valence-corrected chi connectivity index (χ3v) is 5.54. The third kappa shape index (κ3) is 3.72. The zero-order valence-corrected chi connectivity index (χ0v) is 15.0. The van der Waals surface area contributed by atoms with Crippen LogP contribution in [0.1, 0.15) is 33.0 Å². The van der Waals surface area contributed by atoms with E-state index in [9.17, 15) is 4.79 Å². The van der Waals surface area contributed by atoms with Gasteiger partial charge in [-0.15, -0.1) is 11.3 Å². The fourth-order valence-electron chi connectivity index (χ4n) is 2.89. The molecule has 1 fully saturated rings. The molecule has 124 valence electrons. The van der Waals surface area contributed by atoms with E-state index in [1.807, 2.05) is 31.2 Å². The molecule has 0 unspecified atom stereocenters. The number of rotatable bonds is 3. The first-order chi connectivity index (χ1) is 11.6. The SMILES string of the molecule is Cc1ccc(C(=O)NC2CCN(c3ccc(C#N)c(Cl)c3)CC2)s1. The summed E-state index contributed by atoms with van der Waals surface area (Å²) in [4.78, 5) is 16.4. The molecule has 0 spiro atoms. The van der Waals surface area contributed by atoms with Crippen LogP contribution < -0.4 is 10.2 Å². The van der Waals surface area contributed by atoms with Crippen LogP contribution in [0.3, 0.4) is 0 Å². The van der Waals surface area contributed by atoms with Crippen molar-refractivity contribution in [3.8, 4) is 6.07 Å². The summed E-state index contributed by atoms with van der Waals surface area (Å²) >= 11 is 7.63. The van der Waals surface area contributed by atoms with Crippen molar-refractivity contribution in [3.05, 3.63) is 50.7 Å². The minimum atomic E-state index is 0.0213. The second kappa shape index (κ2) is 7.25. The maximum absolute atomic E-state index is 12.2. The van der Waals surface area contributed by atoms with Crippen LogP contribution in [-0.4, -0.2) is 25.0 Å². The quantitative estimate of drug-likeness (QED) is 0.901. The van der Waals surface area contributed by atoms with E-state index >= 15 is 0 Å². The standard InChI is InChI=1S/C18H18ClN3OS/c1-12-2-5-17(24-12)18(23)21-14-6-8-22(9-7-14)15-4-3-13(11-20)16(19)10-15/h2-5,10,14H,6-9H2,1H3,(H,21,23). The molecule has 2 aromatic rings. The van der Waals surface area contributed by atoms with Crippen molar-refractivity contribution in [2.75, 3.05) is 18.0 Å². The molecule has 0 atom stereocenters. The zero-order valence-electron chi connectivity index (χ0n) is 13.4. The van der Waals surface area contributed by atoms with Crippen LogP contribution in [0.25, 0.3) is 0 Å². The Morgan fingerprint density at radius 2 is 2.08 bits per heavy atom. The minimum Gasteiger partial charge on any atom is -0.371 e. The summed E-state index contributed by atoms with van der Waals surface area (Å²) in [6.45, 7) is 3.72. The average molecular weight is 360 g/mol. The van der Waals surface area contributed by atoms with E-state index in [0.717, 1.165) is 41.4 Å². The van der Waals surface area contributed by atoms with Gasteiger partial charge in [0.05, 0.1) is 15.5 Å². The summed E-state index contributed by atoms with van der Waals surface area (Å²) in [6.07, 6.45) is 1.79. The zero-order chi connectivity index (χ0) is 17.1. The van der Waals surface area contributed by atoms with Crippen molar-refractivity contribution in [3.63, 3.8) is 0 Å². The number of benzene rings is 1. The van der Waals surface area contributed by atoms with Gasteiger partial charge in [-0.05, 0) is 50.1 Å². The summed E-state index contributed by atoms with van der Waals surface area (Å²) in [7, 11) is 0. The molecular formula is C18H18ClN3OS. The van der Waals surface area contributed by atoms with Crippen LogP contribution in [0.5, 0.6) is 0 Å². The van der Waals surface area contributed by atoms with Crippen molar-refractivity contribution < 1.29 is 4.79 Å². The van der Waals surface area contributed by atoms with E-state index in [-0.39, 0.29) is 11.9 Å². The first-order valence-corrected chi connectivity index (χ1v) is 9.08. The molecule has 6 heteroatoms. The molecule has 0 radical (unpaired) electrons. The maximum Gasteiger partial charge on any atom is 0.261 e. The summed E-state index contributed by atoms with van der Waals surface area (Å²) in [6, 6.07) is 11.6. The highest BCUT2D eigenvalue weighted by atomic mass is 35.5. The van der Waals surface area contributed by atoms with Gasteiger partial charge in [0.15, 0.2) is 0 Å². The highest BCUT2D eigenvalue weighted by Crippen LogP contribution is 2.26. The lowest BCUT2D eigenvalue weighted by Gasteiger charge is -2.34. The first-order valence-electron chi connectivity index (χ1n) is 7.88. The van der Waals surface area contributed by atoms with Gasteiger partial charge in [-0.3, -0.25) is 4.79 Å². The molecule has 1 aromatic carbocycles. The van der Waals surface area contributed by atoms with Crippen molar-refractivity contribution in [2.24, 2.45) is 0 Å². The summed E-state index contributed by atoms with van der Waals surface area (Å²) in [5.74, 6) is 0.0213. The Labute approximate surface area is 150 Å². The second-order valence-corrected chi connectivity index (χ2v) is 7.62. The Hall–Kier alpha value is -2.03. The molecule has 1 aliphatic heterocycles. The molecule has 1 saturated heterocycles. The van der Waals surface area contributed by atoms with Gasteiger partial charge in [-0.25, -0.2) is 0 Å². The average Bonchev–Trinajstić information content (AvgIpc) is 3.02. The van der Waals surface area contributed by atoms with Gasteiger partial charge in [0.2, 0.25) is 0 Å². The number of carbonyl (C=O) groups is 1. The number of hydrogen-bond acceptors (Lipinski definition) is 4. The van der Waals surface area contributed by atoms with Crippen LogP contribution in [0.4, 0.5) is 5.69 Å². The van der Waals surface area contributed by atoms with Crippen LogP contribution in [0.15, 0.2) is 30.3 Å². The molecule has 0 aliphatic carbocycles. The van der Waals surface area contributed by atoms with E-state index in [4.69, 9.17) is 16.9 Å². The largest absolute Gasteiger partial charge is 0.371 e. The molecule has 1 aliphatic rings. The van der Waals surface area contributed by atoms with Gasteiger partial charge >= 0.3 is 0 Å². The number of halogens is 1. The van der Waals surface area contributed by atoms with Crippen molar-refractivity contribution >= 4 is 34.5 Å². The normalized spacial score (nSPS) is 15.1. The minimum absolute atomic E-state index is 0.0213. The monoisotopic (exact) mass is 359 g/mol. The predicted molar refractivity (Wildman–Crippen MR) is 97.9 cm³/mol. The second-order valence-electron chi connectivity index (χ2n) is 5.92. The van der Waals surface area contributed by atoms with Crippen LogP contribution >= 0.6 is 22.9 Å². The number of amides is 1. The number of aryl methyl sites for hydroxylation is 1. The van der Waals surface area contributed by atoms with Gasteiger partial charge in [0.1, 0.15) is 6.07 Å². The molecule has 1 N–H and O–H groups in total. The van der Waals surface area contributed by atoms with E-state index in [1.165, 1.54) is 11.3 Å². The highest BCUT2D eigenvalue weighted by molar-refractivity contribution is 7.13. The van der Waals surface area contributed by atoms with Gasteiger partial charge in [-0.2, -0.15) is 5.26 Å². The fourth-order valence-corrected chi connectivity index (χ4v) is 3.87. The summed E-state index contributed by atoms with van der Waals surface area (Å²) in [5, 5.41) is 12.6. The molecule has 0 saturated carbocycles. The van der Waals surface area contributed by atoms with E-state index < -0.39 is 0 Å². The Kier molecular flexibility index (Phi) is 5.08. The molecule has 2 heterocycles. The van der Waals surface area contributed by atoms with Gasteiger partial charge < -0.3 is 10.2 Å². The third-order valence-electron chi connectivity index (χ3n) is 4.23. The number of piperidine rings is 1. The van der Waals surface area contributed by atoms with Crippen molar-refractivity contribution in [1.82, 2.24) is 5.32 Å². The van der Waals surface area contributed by atoms with E-state index in [1.54, 1.807) is 6.07 Å². The molecule has 3 rings (SSSR count). The molecule has 24 heavy (non-hydrogen) atoms. The number of thiophene rings is 1. The Bertz CT molecular complexity index is 788. The number of nitrogens with zero attached hydrogens (tertiary/aromatic N) is 2. The van der Waals surface area contributed by atoms with Crippen LogP contribution in [-0.2, 0) is 0 Å². The molecule has 4 nitrogen and oxygen atoms in total. The van der Waals surface area contributed by atoms with Crippen LogP contribution in [0.2, 0.25) is 5.02 Å². The van der Waals surface area contributed by atoms with Gasteiger partial charge in [-0.1, -0.05) is 11.6 Å². The van der Waals surface area contributed by atoms with Gasteiger partial charge in [0, 0.05) is 29.7 Å². The summed E-state index contributed by atoms with van der Waals surface area (Å²) in [5.41, 5.74) is 1.52. The lowest BCUT2D eigenvalue weighted by Crippen LogP contribution is -2.44. The molecular weight excluding hydrogens is 342 g/mol. The Balaban J connectivity index is 1.57. The number of hydrogen-bond donors (Lipinski definition) is 1. The first kappa shape index (κ1) is 16.8. The molecule has 1 amide bonds. The Morgan fingerprint density at radius 3 is 2.67 bits per heavy atom. The lowest BCUT2D eigenvalue weighted by molar-refractivity contribution is 0.0935. The summed E-state index contributed by atoms with van der Waals surface area (Å²) < 4.78 is 0. The topological polar surface area (TPSA) is 56.1 Å². The van der Waals surface area contributed by atoms with E-state index in [2.05, 4.69) is 16.3 Å². The Morgan fingerprint density at radius 1 is 1.33 bits per heavy atom. The molecule has 0 bridgehead atoms. The number of carbonyl (C=O) groups excluding carboxylic acids is 1. The lowest BCUT2D eigenvalue weighted by atomic mass is 10.0. The highest BCUT2D eigenvalue weighted by Gasteiger charge is 2.22. The fraction of sp³-hybridized carbons (Fsp3) is 0.333. The van der Waals surface area contributed by atoms with Crippen molar-refractivity contribution in [2.45, 2.75) is 25.8 Å². The van der Waals surface area contributed by atoms with Gasteiger partial charge in [0.25, 0.3) is 5.91 Å². The number of anilines is 1. The molecule has 1 aromatic heterocycles. The van der Waals surface area contributed by atoms with E-state index in [0.29, 0.717) is 10.6 Å². The smallest absolute Gasteiger partial charge is 0.261 e. The number of nitrogens with one attached hydrogen (secondary N) is 1. The maximum atomic E-state index is 12.2. The van der Waals surface area contributed by atoms with Crippen molar-refractivity contribution in [1.29, 1.82) is 5.26 Å². The van der Waals surface area contributed by atoms with Crippen LogP contribution in [0, 0.1) is 18.3 Å².